The molecule has 1 atom stereocenters. The van der Waals surface area contributed by atoms with Crippen molar-refractivity contribution in [1.29, 1.82) is 0 Å². The van der Waals surface area contributed by atoms with Crippen molar-refractivity contribution in [2.45, 2.75) is 46.1 Å². The highest BCUT2D eigenvalue weighted by Gasteiger charge is 2.28. The first kappa shape index (κ1) is 23.1. The number of carboxylic acid groups (broad SMARTS) is 1. The molecule has 0 bridgehead atoms. The highest BCUT2D eigenvalue weighted by Crippen LogP contribution is 2.34. The van der Waals surface area contributed by atoms with Gasteiger partial charge in [-0.2, -0.15) is 0 Å². The zero-order valence-electron chi connectivity index (χ0n) is 18.6. The second kappa shape index (κ2) is 9.30. The van der Waals surface area contributed by atoms with E-state index < -0.39 is 17.8 Å². The lowest BCUT2D eigenvalue weighted by molar-refractivity contribution is -0.144. The molecule has 3 N–H and O–H groups in total. The minimum Gasteiger partial charge on any atom is -0.507 e. The molecule has 1 unspecified atom stereocenters. The van der Waals surface area contributed by atoms with Crippen LogP contribution in [0.2, 0.25) is 0 Å². The summed E-state index contributed by atoms with van der Waals surface area (Å²) in [4.78, 5) is 37.5. The molecule has 0 heterocycles. The maximum atomic E-state index is 12.8. The number of carboxylic acids is 1. The quantitative estimate of drug-likeness (QED) is 0.559. The van der Waals surface area contributed by atoms with E-state index in [1.807, 2.05) is 0 Å². The summed E-state index contributed by atoms with van der Waals surface area (Å²) in [5.41, 5.74) is 2.08. The molecule has 1 aliphatic carbocycles. The van der Waals surface area contributed by atoms with E-state index >= 15 is 0 Å². The lowest BCUT2D eigenvalue weighted by Crippen LogP contribution is -2.41. The van der Waals surface area contributed by atoms with Gasteiger partial charge in [0.25, 0.3) is 5.91 Å². The van der Waals surface area contributed by atoms with E-state index in [1.54, 1.807) is 44.0 Å². The molecular formula is C24H28N2O6. The van der Waals surface area contributed by atoms with Gasteiger partial charge in [-0.15, -0.1) is 0 Å². The number of aryl methyl sites for hydroxylation is 2. The Kier molecular flexibility index (Phi) is 6.72. The van der Waals surface area contributed by atoms with Crippen LogP contribution in [-0.4, -0.2) is 46.0 Å². The van der Waals surface area contributed by atoms with Crippen molar-refractivity contribution >= 4 is 23.5 Å². The second-order valence-electron chi connectivity index (χ2n) is 8.27. The van der Waals surface area contributed by atoms with Crippen molar-refractivity contribution in [1.82, 2.24) is 4.90 Å². The molecule has 0 saturated heterocycles. The molecule has 8 nitrogen and oxygen atoms in total. The Labute approximate surface area is 186 Å². The lowest BCUT2D eigenvalue weighted by Gasteiger charge is -2.34. The third-order valence-corrected chi connectivity index (χ3v) is 5.85. The molecule has 3 rings (SSSR count). The Morgan fingerprint density at radius 3 is 2.28 bits per heavy atom. The largest absolute Gasteiger partial charge is 0.507 e. The molecule has 1 fully saturated rings. The molecule has 2 aromatic carbocycles. The lowest BCUT2D eigenvalue weighted by atomic mass is 9.91. The SMILES string of the molecule is Cc1cc(NC(=O)C(C)C(=O)O)cc(C)c1Oc1ccc(O)c(C(=O)N(C)C2CCC2)c1. The molecule has 1 saturated carbocycles. The van der Waals surface area contributed by atoms with Crippen LogP contribution in [0, 0.1) is 19.8 Å². The van der Waals surface area contributed by atoms with Crippen LogP contribution in [0.25, 0.3) is 0 Å². The Morgan fingerprint density at radius 1 is 1.12 bits per heavy atom. The van der Waals surface area contributed by atoms with E-state index in [1.165, 1.54) is 19.1 Å². The van der Waals surface area contributed by atoms with Crippen LogP contribution in [0.1, 0.15) is 47.7 Å². The summed E-state index contributed by atoms with van der Waals surface area (Å²) in [6, 6.07) is 8.11. The number of nitrogens with zero attached hydrogens (tertiary/aromatic N) is 1. The van der Waals surface area contributed by atoms with Crippen LogP contribution in [-0.2, 0) is 9.59 Å². The fraction of sp³-hybridized carbons (Fsp3) is 0.375. The van der Waals surface area contributed by atoms with E-state index in [4.69, 9.17) is 9.84 Å². The smallest absolute Gasteiger partial charge is 0.315 e. The number of hydrogen-bond acceptors (Lipinski definition) is 5. The van der Waals surface area contributed by atoms with Crippen molar-refractivity contribution in [2.24, 2.45) is 5.92 Å². The Hall–Kier alpha value is -3.55. The number of ether oxygens (including phenoxy) is 1. The Bertz CT molecular complexity index is 1040. The molecule has 2 aromatic rings. The summed E-state index contributed by atoms with van der Waals surface area (Å²) in [6.07, 6.45) is 3.03. The van der Waals surface area contributed by atoms with Crippen molar-refractivity contribution in [2.75, 3.05) is 12.4 Å². The zero-order valence-corrected chi connectivity index (χ0v) is 18.6. The molecule has 0 spiro atoms. The molecule has 1 aliphatic rings. The second-order valence-corrected chi connectivity index (χ2v) is 8.27. The highest BCUT2D eigenvalue weighted by atomic mass is 16.5. The number of benzene rings is 2. The fourth-order valence-corrected chi connectivity index (χ4v) is 3.54. The van der Waals surface area contributed by atoms with Crippen molar-refractivity contribution in [3.05, 3.63) is 47.0 Å². The summed E-state index contributed by atoms with van der Waals surface area (Å²) >= 11 is 0. The standard InChI is InChI=1S/C24H28N2O6/c1-13-10-16(25-22(28)15(3)24(30)31)11-14(2)21(13)32-18-8-9-20(27)19(12-18)23(29)26(4)17-6-5-7-17/h8-12,15,17,27H,5-7H2,1-4H3,(H,25,28)(H,30,31). The maximum absolute atomic E-state index is 12.8. The first-order chi connectivity index (χ1) is 15.1. The maximum Gasteiger partial charge on any atom is 0.315 e. The average molecular weight is 440 g/mol. The first-order valence-electron chi connectivity index (χ1n) is 10.5. The van der Waals surface area contributed by atoms with Gasteiger partial charge in [-0.05, 0) is 81.5 Å². The van der Waals surface area contributed by atoms with E-state index in [9.17, 15) is 19.5 Å². The van der Waals surface area contributed by atoms with Crippen LogP contribution in [0.5, 0.6) is 17.2 Å². The first-order valence-corrected chi connectivity index (χ1v) is 10.5. The van der Waals surface area contributed by atoms with Crippen molar-refractivity contribution < 1.29 is 29.3 Å². The number of carbonyl (C=O) groups is 3. The van der Waals surface area contributed by atoms with Gasteiger partial charge in [0.1, 0.15) is 23.2 Å². The van der Waals surface area contributed by atoms with Gasteiger partial charge >= 0.3 is 5.97 Å². The minimum atomic E-state index is -1.20. The zero-order chi connectivity index (χ0) is 23.6. The fourth-order valence-electron chi connectivity index (χ4n) is 3.54. The van der Waals surface area contributed by atoms with Gasteiger partial charge in [-0.25, -0.2) is 0 Å². The topological polar surface area (TPSA) is 116 Å². The molecule has 0 aliphatic heterocycles. The predicted octanol–water partition coefficient (Wildman–Crippen LogP) is 4.09. The van der Waals surface area contributed by atoms with E-state index in [2.05, 4.69) is 5.32 Å². The van der Waals surface area contributed by atoms with Gasteiger partial charge in [0.2, 0.25) is 5.91 Å². The molecule has 8 heteroatoms. The van der Waals surface area contributed by atoms with Crippen LogP contribution >= 0.6 is 0 Å². The minimum absolute atomic E-state index is 0.104. The van der Waals surface area contributed by atoms with Gasteiger partial charge in [0, 0.05) is 18.8 Å². The third-order valence-electron chi connectivity index (χ3n) is 5.85. The van der Waals surface area contributed by atoms with Gasteiger partial charge in [0.05, 0.1) is 5.56 Å². The molecule has 2 amide bonds. The third kappa shape index (κ3) is 4.85. The van der Waals surface area contributed by atoms with Crippen LogP contribution < -0.4 is 10.1 Å². The summed E-state index contributed by atoms with van der Waals surface area (Å²) in [7, 11) is 1.74. The monoisotopic (exact) mass is 440 g/mol. The number of aromatic hydroxyl groups is 1. The Balaban J connectivity index is 1.80. The number of phenolic OH excluding ortho intramolecular Hbond substituents is 1. The number of carbonyl (C=O) groups excluding carboxylic acids is 2. The number of amides is 2. The van der Waals surface area contributed by atoms with E-state index in [0.29, 0.717) is 17.2 Å². The van der Waals surface area contributed by atoms with Crippen molar-refractivity contribution in [3.8, 4) is 17.2 Å². The van der Waals surface area contributed by atoms with Crippen LogP contribution in [0.3, 0.4) is 0 Å². The average Bonchev–Trinajstić information content (AvgIpc) is 2.69. The van der Waals surface area contributed by atoms with Crippen LogP contribution in [0.15, 0.2) is 30.3 Å². The van der Waals surface area contributed by atoms with Crippen molar-refractivity contribution in [3.63, 3.8) is 0 Å². The number of aliphatic carboxylic acids is 1. The molecule has 0 radical (unpaired) electrons. The normalized spacial score (nSPS) is 14.2. The van der Waals surface area contributed by atoms with E-state index in [-0.39, 0.29) is 23.3 Å². The predicted molar refractivity (Wildman–Crippen MR) is 119 cm³/mol. The van der Waals surface area contributed by atoms with Crippen LogP contribution in [0.4, 0.5) is 5.69 Å². The van der Waals surface area contributed by atoms with Gasteiger partial charge in [-0.3, -0.25) is 14.4 Å². The highest BCUT2D eigenvalue weighted by molar-refractivity contribution is 6.04. The molecule has 170 valence electrons. The molecule has 32 heavy (non-hydrogen) atoms. The van der Waals surface area contributed by atoms with E-state index in [0.717, 1.165) is 30.4 Å². The number of anilines is 1. The number of rotatable bonds is 7. The molecule has 0 aromatic heterocycles. The number of hydrogen-bond donors (Lipinski definition) is 3. The van der Waals surface area contributed by atoms with Gasteiger partial charge < -0.3 is 25.2 Å². The summed E-state index contributed by atoms with van der Waals surface area (Å²) in [5.74, 6) is -2.39. The van der Waals surface area contributed by atoms with Gasteiger partial charge in [-0.1, -0.05) is 0 Å². The summed E-state index contributed by atoms with van der Waals surface area (Å²) in [6.45, 7) is 4.92. The number of nitrogens with one attached hydrogen (secondary N) is 1. The van der Waals surface area contributed by atoms with Gasteiger partial charge in [0.15, 0.2) is 0 Å². The molecular weight excluding hydrogens is 412 g/mol. The Morgan fingerprint density at radius 2 is 1.75 bits per heavy atom. The summed E-state index contributed by atoms with van der Waals surface area (Å²) in [5, 5.41) is 21.8. The summed E-state index contributed by atoms with van der Waals surface area (Å²) < 4.78 is 6.02. The number of phenols is 1.